The molecule has 0 aliphatic carbocycles. The van der Waals surface area contributed by atoms with Crippen molar-refractivity contribution in [3.8, 4) is 0 Å². The number of fused-ring (bicyclic) bond motifs is 1. The summed E-state index contributed by atoms with van der Waals surface area (Å²) in [5.74, 6) is 0. The molecule has 3 heterocycles. The predicted octanol–water partition coefficient (Wildman–Crippen LogP) is 1.16. The SMILES string of the molecule is C=C(c1ccnc(C(C)O)c1)c1[nH]nc2nc[nH]c(=O)c12. The summed E-state index contributed by atoms with van der Waals surface area (Å²) in [7, 11) is 0. The zero-order chi connectivity index (χ0) is 15.0. The Bertz CT molecular complexity index is 878. The van der Waals surface area contributed by atoms with Crippen LogP contribution in [0, 0.1) is 0 Å². The summed E-state index contributed by atoms with van der Waals surface area (Å²) in [5, 5.41) is 16.7. The van der Waals surface area contributed by atoms with Crippen molar-refractivity contribution in [3.05, 3.63) is 58.5 Å². The Kier molecular flexibility index (Phi) is 3.11. The number of aromatic amines is 2. The van der Waals surface area contributed by atoms with Crippen LogP contribution in [0.1, 0.15) is 30.0 Å². The summed E-state index contributed by atoms with van der Waals surface area (Å²) in [6, 6.07) is 3.48. The molecule has 0 bridgehead atoms. The summed E-state index contributed by atoms with van der Waals surface area (Å²) in [5.41, 5.74) is 2.41. The zero-order valence-corrected chi connectivity index (χ0v) is 11.3. The van der Waals surface area contributed by atoms with Gasteiger partial charge in [0, 0.05) is 11.8 Å². The van der Waals surface area contributed by atoms with E-state index in [1.165, 1.54) is 6.33 Å². The van der Waals surface area contributed by atoms with Crippen molar-refractivity contribution in [2.45, 2.75) is 13.0 Å². The second kappa shape index (κ2) is 4.95. The van der Waals surface area contributed by atoms with E-state index in [1.54, 1.807) is 25.3 Å². The Hall–Kier alpha value is -2.80. The van der Waals surface area contributed by atoms with Crippen molar-refractivity contribution in [1.29, 1.82) is 0 Å². The van der Waals surface area contributed by atoms with E-state index in [-0.39, 0.29) is 5.56 Å². The minimum atomic E-state index is -0.679. The molecule has 106 valence electrons. The Morgan fingerprint density at radius 2 is 2.24 bits per heavy atom. The van der Waals surface area contributed by atoms with E-state index in [9.17, 15) is 9.90 Å². The summed E-state index contributed by atoms with van der Waals surface area (Å²) < 4.78 is 0. The maximum Gasteiger partial charge on any atom is 0.262 e. The second-order valence-corrected chi connectivity index (χ2v) is 4.65. The van der Waals surface area contributed by atoms with Crippen LogP contribution in [0.4, 0.5) is 0 Å². The van der Waals surface area contributed by atoms with E-state index >= 15 is 0 Å². The quantitative estimate of drug-likeness (QED) is 0.668. The normalized spacial score (nSPS) is 12.5. The van der Waals surface area contributed by atoms with E-state index < -0.39 is 6.10 Å². The minimum absolute atomic E-state index is 0.283. The first-order valence-corrected chi connectivity index (χ1v) is 6.33. The summed E-state index contributed by atoms with van der Waals surface area (Å²) in [6.07, 6.45) is 2.21. The Balaban J connectivity index is 2.13. The predicted molar refractivity (Wildman–Crippen MR) is 77.5 cm³/mol. The molecule has 0 radical (unpaired) electrons. The molecule has 0 aromatic carbocycles. The molecule has 0 aliphatic heterocycles. The lowest BCUT2D eigenvalue weighted by molar-refractivity contribution is 0.194. The third-order valence-electron chi connectivity index (χ3n) is 3.22. The number of rotatable bonds is 3. The largest absolute Gasteiger partial charge is 0.387 e. The molecule has 0 saturated heterocycles. The lowest BCUT2D eigenvalue weighted by Gasteiger charge is -2.08. The van der Waals surface area contributed by atoms with Crippen molar-refractivity contribution >= 4 is 16.6 Å². The fraction of sp³-hybridized carbons (Fsp3) is 0.143. The van der Waals surface area contributed by atoms with Crippen LogP contribution in [0.2, 0.25) is 0 Å². The average Bonchev–Trinajstić information content (AvgIpc) is 2.92. The molecule has 0 saturated carbocycles. The molecule has 0 aliphatic rings. The van der Waals surface area contributed by atoms with Crippen LogP contribution in [0.25, 0.3) is 16.6 Å². The molecule has 1 unspecified atom stereocenters. The maximum atomic E-state index is 11.9. The molecule has 3 rings (SSSR count). The number of nitrogens with zero attached hydrogens (tertiary/aromatic N) is 3. The van der Waals surface area contributed by atoms with E-state index in [4.69, 9.17) is 0 Å². The van der Waals surface area contributed by atoms with Crippen LogP contribution in [-0.4, -0.2) is 30.3 Å². The molecule has 0 amide bonds. The van der Waals surface area contributed by atoms with Gasteiger partial charge in [0.15, 0.2) is 5.65 Å². The van der Waals surface area contributed by atoms with Crippen molar-refractivity contribution in [2.75, 3.05) is 0 Å². The topological polar surface area (TPSA) is 108 Å². The van der Waals surface area contributed by atoms with E-state index in [1.807, 2.05) is 0 Å². The Morgan fingerprint density at radius 1 is 1.43 bits per heavy atom. The van der Waals surface area contributed by atoms with Gasteiger partial charge in [0.2, 0.25) is 0 Å². The van der Waals surface area contributed by atoms with Gasteiger partial charge in [-0.2, -0.15) is 5.10 Å². The van der Waals surface area contributed by atoms with Crippen LogP contribution in [-0.2, 0) is 0 Å². The second-order valence-electron chi connectivity index (χ2n) is 4.65. The van der Waals surface area contributed by atoms with Gasteiger partial charge < -0.3 is 10.1 Å². The summed E-state index contributed by atoms with van der Waals surface area (Å²) in [4.78, 5) is 22.5. The number of aliphatic hydroxyl groups excluding tert-OH is 1. The van der Waals surface area contributed by atoms with Gasteiger partial charge in [-0.1, -0.05) is 6.58 Å². The third-order valence-corrected chi connectivity index (χ3v) is 3.22. The summed E-state index contributed by atoms with van der Waals surface area (Å²) >= 11 is 0. The lowest BCUT2D eigenvalue weighted by Crippen LogP contribution is -2.07. The van der Waals surface area contributed by atoms with Gasteiger partial charge in [-0.25, -0.2) is 4.98 Å². The molecule has 3 aromatic heterocycles. The average molecular weight is 283 g/mol. The molecule has 7 heteroatoms. The Morgan fingerprint density at radius 3 is 3.00 bits per heavy atom. The highest BCUT2D eigenvalue weighted by Gasteiger charge is 2.15. The van der Waals surface area contributed by atoms with Gasteiger partial charge in [-0.05, 0) is 24.6 Å². The fourth-order valence-electron chi connectivity index (χ4n) is 2.09. The zero-order valence-electron chi connectivity index (χ0n) is 11.3. The van der Waals surface area contributed by atoms with Gasteiger partial charge in [0.05, 0.1) is 23.8 Å². The number of hydrogen-bond acceptors (Lipinski definition) is 5. The van der Waals surface area contributed by atoms with Crippen LogP contribution < -0.4 is 5.56 Å². The Labute approximate surface area is 119 Å². The smallest absolute Gasteiger partial charge is 0.262 e. The van der Waals surface area contributed by atoms with Crippen LogP contribution in [0.3, 0.4) is 0 Å². The number of nitrogens with one attached hydrogen (secondary N) is 2. The van der Waals surface area contributed by atoms with Crippen LogP contribution in [0.5, 0.6) is 0 Å². The van der Waals surface area contributed by atoms with E-state index in [0.29, 0.717) is 28.0 Å². The molecule has 21 heavy (non-hydrogen) atoms. The molecular weight excluding hydrogens is 270 g/mol. The number of aliphatic hydroxyl groups is 1. The number of hydrogen-bond donors (Lipinski definition) is 3. The first kappa shape index (κ1) is 13.2. The first-order valence-electron chi connectivity index (χ1n) is 6.33. The highest BCUT2D eigenvalue weighted by Crippen LogP contribution is 2.25. The van der Waals surface area contributed by atoms with Gasteiger partial charge in [0.25, 0.3) is 5.56 Å². The van der Waals surface area contributed by atoms with Gasteiger partial charge in [0.1, 0.15) is 5.39 Å². The third kappa shape index (κ3) is 2.23. The molecule has 0 spiro atoms. The fourth-order valence-corrected chi connectivity index (χ4v) is 2.09. The lowest BCUT2D eigenvalue weighted by atomic mass is 10.0. The van der Waals surface area contributed by atoms with Gasteiger partial charge in [-0.3, -0.25) is 14.9 Å². The van der Waals surface area contributed by atoms with Crippen LogP contribution >= 0.6 is 0 Å². The highest BCUT2D eigenvalue weighted by molar-refractivity contribution is 5.91. The van der Waals surface area contributed by atoms with Gasteiger partial charge in [-0.15, -0.1) is 0 Å². The molecule has 0 fully saturated rings. The summed E-state index contributed by atoms with van der Waals surface area (Å²) in [6.45, 7) is 5.63. The number of pyridine rings is 1. The molecule has 3 N–H and O–H groups in total. The van der Waals surface area contributed by atoms with Crippen molar-refractivity contribution in [2.24, 2.45) is 0 Å². The van der Waals surface area contributed by atoms with Crippen molar-refractivity contribution < 1.29 is 5.11 Å². The molecular formula is C14H13N5O2. The van der Waals surface area contributed by atoms with E-state index in [0.717, 1.165) is 5.56 Å². The van der Waals surface area contributed by atoms with Gasteiger partial charge >= 0.3 is 0 Å². The highest BCUT2D eigenvalue weighted by atomic mass is 16.3. The number of aromatic nitrogens is 5. The van der Waals surface area contributed by atoms with Crippen molar-refractivity contribution in [3.63, 3.8) is 0 Å². The number of H-pyrrole nitrogens is 2. The monoisotopic (exact) mass is 283 g/mol. The van der Waals surface area contributed by atoms with E-state index in [2.05, 4.69) is 31.7 Å². The van der Waals surface area contributed by atoms with Crippen molar-refractivity contribution in [1.82, 2.24) is 25.1 Å². The standard InChI is InChI=1S/C14H13N5O2/c1-7(9-3-4-15-10(5-9)8(2)20)12-11-13(19-18-12)16-6-17-14(11)21/h3-6,8,20H,1H2,2H3,(H2,16,17,18,19,21). The maximum absolute atomic E-state index is 11.9. The minimum Gasteiger partial charge on any atom is -0.387 e. The molecule has 3 aromatic rings. The molecule has 1 atom stereocenters. The first-order chi connectivity index (χ1) is 10.1. The molecule has 7 nitrogen and oxygen atoms in total. The van der Waals surface area contributed by atoms with Crippen LogP contribution in [0.15, 0.2) is 36.0 Å².